The molecule has 166 valence electrons. The molecule has 3 heterocycles. The number of anilines is 1. The molecule has 3 N–H and O–H groups in total. The third kappa shape index (κ3) is 6.04. The molecule has 0 bridgehead atoms. The fourth-order valence-corrected chi connectivity index (χ4v) is 3.89. The average molecular weight is 427 g/mol. The number of fused-ring (bicyclic) bond motifs is 1. The van der Waals surface area contributed by atoms with E-state index in [9.17, 15) is 9.18 Å². The summed E-state index contributed by atoms with van der Waals surface area (Å²) in [6.45, 7) is 9.09. The number of aromatic amines is 1. The van der Waals surface area contributed by atoms with Gasteiger partial charge < -0.3 is 20.4 Å². The summed E-state index contributed by atoms with van der Waals surface area (Å²) in [5.74, 6) is -0.198. The summed E-state index contributed by atoms with van der Waals surface area (Å²) in [5, 5.41) is 1.09. The minimum Gasteiger partial charge on any atom is -0.461 e. The maximum Gasteiger partial charge on any atom is 0.354 e. The number of nitrogens with two attached hydrogens (primary N) is 1. The van der Waals surface area contributed by atoms with Crippen LogP contribution in [0.15, 0.2) is 42.6 Å². The molecule has 0 atom stereocenters. The molecule has 6 nitrogen and oxygen atoms in total. The Hall–Kier alpha value is -2.93. The van der Waals surface area contributed by atoms with Crippen LogP contribution in [0.5, 0.6) is 0 Å². The number of hydrogen-bond donors (Lipinski definition) is 2. The number of rotatable bonds is 4. The van der Waals surface area contributed by atoms with Crippen molar-refractivity contribution in [3.8, 4) is 0 Å². The Bertz CT molecular complexity index is 992. The first-order valence-corrected chi connectivity index (χ1v) is 10.8. The maximum atomic E-state index is 12.0. The molecule has 2 aromatic heterocycles. The molecular formula is C24H31FN4O2. The van der Waals surface area contributed by atoms with Crippen LogP contribution in [0.4, 0.5) is 10.1 Å². The van der Waals surface area contributed by atoms with Gasteiger partial charge in [-0.1, -0.05) is 6.07 Å². The summed E-state index contributed by atoms with van der Waals surface area (Å²) in [6.07, 6.45) is 3.74. The third-order valence-corrected chi connectivity index (χ3v) is 5.62. The number of nitrogens with one attached hydrogen (secondary N) is 1. The predicted octanol–water partition coefficient (Wildman–Crippen LogP) is 4.74. The van der Waals surface area contributed by atoms with Crippen molar-refractivity contribution in [2.75, 3.05) is 25.4 Å². The largest absolute Gasteiger partial charge is 0.461 e. The van der Waals surface area contributed by atoms with E-state index < -0.39 is 5.95 Å². The topological polar surface area (TPSA) is 84.2 Å². The number of halogens is 1. The predicted molar refractivity (Wildman–Crippen MR) is 122 cm³/mol. The van der Waals surface area contributed by atoms with Gasteiger partial charge >= 0.3 is 5.97 Å². The molecule has 3 aromatic rings. The van der Waals surface area contributed by atoms with Crippen molar-refractivity contribution in [2.45, 2.75) is 45.6 Å². The highest BCUT2D eigenvalue weighted by atomic mass is 19.1. The number of H-pyrrole nitrogens is 1. The van der Waals surface area contributed by atoms with E-state index in [0.29, 0.717) is 29.9 Å². The first-order valence-electron chi connectivity index (χ1n) is 10.8. The number of benzene rings is 1. The minimum atomic E-state index is -0.537. The van der Waals surface area contributed by atoms with Gasteiger partial charge in [0.1, 0.15) is 5.69 Å². The van der Waals surface area contributed by atoms with Crippen molar-refractivity contribution in [3.63, 3.8) is 0 Å². The second-order valence-corrected chi connectivity index (χ2v) is 8.07. The van der Waals surface area contributed by atoms with Gasteiger partial charge in [0.25, 0.3) is 0 Å². The van der Waals surface area contributed by atoms with E-state index in [1.54, 1.807) is 0 Å². The number of likely N-dealkylation sites (tertiary alicyclic amines) is 1. The van der Waals surface area contributed by atoms with Crippen LogP contribution in [-0.4, -0.2) is 46.6 Å². The fourth-order valence-electron chi connectivity index (χ4n) is 3.89. The normalized spacial score (nSPS) is 15.0. The van der Waals surface area contributed by atoms with Crippen LogP contribution < -0.4 is 5.73 Å². The second-order valence-electron chi connectivity index (χ2n) is 8.07. The lowest BCUT2D eigenvalue weighted by atomic mass is 9.88. The van der Waals surface area contributed by atoms with Crippen molar-refractivity contribution >= 4 is 22.6 Å². The molecule has 0 unspecified atom stereocenters. The zero-order valence-electron chi connectivity index (χ0n) is 18.4. The lowest BCUT2D eigenvalue weighted by Gasteiger charge is -2.34. The third-order valence-electron chi connectivity index (χ3n) is 5.62. The smallest absolute Gasteiger partial charge is 0.354 e. The number of carbonyl (C=O) groups excluding carboxylic acids is 1. The van der Waals surface area contributed by atoms with Crippen LogP contribution in [-0.2, 0) is 4.74 Å². The van der Waals surface area contributed by atoms with E-state index in [1.165, 1.54) is 49.8 Å². The molecule has 31 heavy (non-hydrogen) atoms. The van der Waals surface area contributed by atoms with E-state index >= 15 is 0 Å². The summed E-state index contributed by atoms with van der Waals surface area (Å²) in [4.78, 5) is 20.8. The number of ether oxygens (including phenoxy) is 1. The van der Waals surface area contributed by atoms with Gasteiger partial charge in [-0.15, -0.1) is 0 Å². The summed E-state index contributed by atoms with van der Waals surface area (Å²) in [6, 6.07) is 11.7. The molecule has 0 amide bonds. The highest BCUT2D eigenvalue weighted by Crippen LogP contribution is 2.31. The fraction of sp³-hybridized carbons (Fsp3) is 0.417. The number of pyridine rings is 1. The van der Waals surface area contributed by atoms with Gasteiger partial charge in [-0.05, 0) is 82.4 Å². The Kier molecular flexibility index (Phi) is 7.63. The molecule has 0 spiro atoms. The Morgan fingerprint density at radius 1 is 1.26 bits per heavy atom. The molecule has 0 saturated carbocycles. The second kappa shape index (κ2) is 10.4. The Balaban J connectivity index is 0.000000287. The van der Waals surface area contributed by atoms with Crippen LogP contribution in [0.1, 0.15) is 55.6 Å². The number of hydrogen-bond acceptors (Lipinski definition) is 5. The summed E-state index contributed by atoms with van der Waals surface area (Å²) in [7, 11) is 0. The van der Waals surface area contributed by atoms with Gasteiger partial charge in [-0.25, -0.2) is 9.78 Å². The molecule has 1 aliphatic heterocycles. The first-order chi connectivity index (χ1) is 14.9. The van der Waals surface area contributed by atoms with E-state index in [4.69, 9.17) is 10.5 Å². The zero-order valence-corrected chi connectivity index (χ0v) is 18.4. The number of carbonyl (C=O) groups is 1. The molecule has 1 fully saturated rings. The number of piperidine rings is 1. The van der Waals surface area contributed by atoms with Crippen LogP contribution in [0, 0.1) is 5.95 Å². The number of esters is 1. The van der Waals surface area contributed by atoms with E-state index in [0.717, 1.165) is 10.9 Å². The Labute approximate surface area is 182 Å². The summed E-state index contributed by atoms with van der Waals surface area (Å²) >= 11 is 0. The number of nitrogen functional groups attached to an aromatic ring is 1. The summed E-state index contributed by atoms with van der Waals surface area (Å²) < 4.78 is 17.0. The van der Waals surface area contributed by atoms with Gasteiger partial charge in [-0.2, -0.15) is 4.39 Å². The van der Waals surface area contributed by atoms with Crippen LogP contribution in [0.25, 0.3) is 10.9 Å². The highest BCUT2D eigenvalue weighted by molar-refractivity contribution is 5.95. The van der Waals surface area contributed by atoms with Crippen molar-refractivity contribution in [2.24, 2.45) is 0 Å². The lowest BCUT2D eigenvalue weighted by molar-refractivity contribution is 0.0520. The average Bonchev–Trinajstić information content (AvgIpc) is 3.18. The van der Waals surface area contributed by atoms with E-state index in [2.05, 4.69) is 46.9 Å². The SMILES string of the molecule is CCOC(=O)c1cc2cc(C3CCN(C(C)C)CC3)ccc2[nH]1.Nc1ccnc(F)c1. The molecule has 7 heteroatoms. The molecular weight excluding hydrogens is 395 g/mol. The zero-order chi connectivity index (χ0) is 22.4. The number of nitrogens with zero attached hydrogens (tertiary/aromatic N) is 2. The van der Waals surface area contributed by atoms with E-state index in [-0.39, 0.29) is 5.97 Å². The maximum absolute atomic E-state index is 12.0. The Morgan fingerprint density at radius 3 is 2.58 bits per heavy atom. The first kappa shape index (κ1) is 22.7. The molecule has 4 rings (SSSR count). The van der Waals surface area contributed by atoms with Crippen molar-refractivity contribution in [3.05, 3.63) is 59.8 Å². The van der Waals surface area contributed by atoms with Crippen molar-refractivity contribution in [1.29, 1.82) is 0 Å². The highest BCUT2D eigenvalue weighted by Gasteiger charge is 2.22. The lowest BCUT2D eigenvalue weighted by Crippen LogP contribution is -2.37. The summed E-state index contributed by atoms with van der Waals surface area (Å²) in [5.41, 5.74) is 8.50. The molecule has 1 saturated heterocycles. The van der Waals surface area contributed by atoms with Gasteiger partial charge in [0.2, 0.25) is 5.95 Å². The molecule has 1 aliphatic rings. The van der Waals surface area contributed by atoms with Gasteiger partial charge in [0.05, 0.1) is 6.61 Å². The molecule has 1 aromatic carbocycles. The van der Waals surface area contributed by atoms with E-state index in [1.807, 2.05) is 13.0 Å². The van der Waals surface area contributed by atoms with Gasteiger partial charge in [0.15, 0.2) is 0 Å². The quantitative estimate of drug-likeness (QED) is 0.465. The standard InChI is InChI=1S/C19H26N2O2.C5H5FN2/c1-4-23-19(22)18-12-16-11-15(5-6-17(16)20-18)14-7-9-21(10-8-14)13(2)3;6-5-3-4(7)1-2-8-5/h5-6,11-14,20H,4,7-10H2,1-3H3;1-3H,(H2,7,8). The number of aromatic nitrogens is 2. The van der Waals surface area contributed by atoms with Crippen LogP contribution in [0.3, 0.4) is 0 Å². The Morgan fingerprint density at radius 2 is 2.00 bits per heavy atom. The van der Waals surface area contributed by atoms with Crippen LogP contribution >= 0.6 is 0 Å². The van der Waals surface area contributed by atoms with Crippen molar-refractivity contribution in [1.82, 2.24) is 14.9 Å². The molecule has 0 aliphatic carbocycles. The monoisotopic (exact) mass is 426 g/mol. The van der Waals surface area contributed by atoms with Gasteiger partial charge in [0, 0.05) is 34.9 Å². The van der Waals surface area contributed by atoms with Crippen molar-refractivity contribution < 1.29 is 13.9 Å². The minimum absolute atomic E-state index is 0.282. The van der Waals surface area contributed by atoms with Gasteiger partial charge in [-0.3, -0.25) is 0 Å². The van der Waals surface area contributed by atoms with Crippen LogP contribution in [0.2, 0.25) is 0 Å². The molecule has 0 radical (unpaired) electrons.